The van der Waals surface area contributed by atoms with E-state index in [2.05, 4.69) is 0 Å². The topological polar surface area (TPSA) is 43.4 Å². The SMILES string of the molecule is CC(=O)Oc1c2ccccc2c(C(C)=O)c2sccc12. The minimum absolute atomic E-state index is 0.0167. The predicted molar refractivity (Wildman–Crippen MR) is 80.6 cm³/mol. The van der Waals surface area contributed by atoms with E-state index in [9.17, 15) is 9.59 Å². The maximum Gasteiger partial charge on any atom is 0.308 e. The molecule has 3 nitrogen and oxygen atoms in total. The summed E-state index contributed by atoms with van der Waals surface area (Å²) in [5.41, 5.74) is 0.696. The smallest absolute Gasteiger partial charge is 0.308 e. The number of Topliss-reactive ketones (excluding diaryl/α,β-unsaturated/α-hetero) is 1. The van der Waals surface area contributed by atoms with Crippen LogP contribution in [-0.4, -0.2) is 11.8 Å². The lowest BCUT2D eigenvalue weighted by Crippen LogP contribution is -2.04. The van der Waals surface area contributed by atoms with E-state index < -0.39 is 0 Å². The average Bonchev–Trinajstić information content (AvgIpc) is 2.86. The van der Waals surface area contributed by atoms with Crippen LogP contribution in [0, 0.1) is 0 Å². The van der Waals surface area contributed by atoms with Crippen molar-refractivity contribution in [1.29, 1.82) is 0 Å². The summed E-state index contributed by atoms with van der Waals surface area (Å²) < 4.78 is 6.26. The molecule has 2 aromatic carbocycles. The summed E-state index contributed by atoms with van der Waals surface area (Å²) >= 11 is 1.49. The molecule has 0 aliphatic carbocycles. The molecule has 0 amide bonds. The van der Waals surface area contributed by atoms with Gasteiger partial charge in [-0.15, -0.1) is 11.3 Å². The summed E-state index contributed by atoms with van der Waals surface area (Å²) in [7, 11) is 0. The van der Waals surface area contributed by atoms with Gasteiger partial charge in [-0.2, -0.15) is 0 Å². The summed E-state index contributed by atoms with van der Waals surface area (Å²) in [6.45, 7) is 2.94. The normalized spacial score (nSPS) is 10.9. The van der Waals surface area contributed by atoms with E-state index in [1.165, 1.54) is 18.3 Å². The lowest BCUT2D eigenvalue weighted by Gasteiger charge is -2.11. The Hall–Kier alpha value is -2.20. The van der Waals surface area contributed by atoms with Crippen LogP contribution >= 0.6 is 11.3 Å². The third kappa shape index (κ3) is 1.89. The van der Waals surface area contributed by atoms with Crippen LogP contribution in [0.1, 0.15) is 24.2 Å². The molecule has 0 unspecified atom stereocenters. The summed E-state index contributed by atoms with van der Waals surface area (Å²) in [4.78, 5) is 23.4. The quantitative estimate of drug-likeness (QED) is 0.403. The van der Waals surface area contributed by atoms with Crippen molar-refractivity contribution in [1.82, 2.24) is 0 Å². The number of hydrogen-bond donors (Lipinski definition) is 0. The van der Waals surface area contributed by atoms with Gasteiger partial charge in [0.15, 0.2) is 5.78 Å². The number of benzene rings is 2. The van der Waals surface area contributed by atoms with Gasteiger partial charge in [-0.05, 0) is 23.8 Å². The lowest BCUT2D eigenvalue weighted by atomic mass is 9.99. The highest BCUT2D eigenvalue weighted by molar-refractivity contribution is 7.17. The fraction of sp³-hybridized carbons (Fsp3) is 0.125. The van der Waals surface area contributed by atoms with Gasteiger partial charge in [0.1, 0.15) is 5.75 Å². The first-order valence-electron chi connectivity index (χ1n) is 6.21. The van der Waals surface area contributed by atoms with Crippen molar-refractivity contribution in [3.8, 4) is 5.75 Å². The highest BCUT2D eigenvalue weighted by Crippen LogP contribution is 2.41. The number of carbonyl (C=O) groups excluding carboxylic acids is 2. The second kappa shape index (κ2) is 4.72. The zero-order valence-corrected chi connectivity index (χ0v) is 11.9. The predicted octanol–water partition coefficient (Wildman–Crippen LogP) is 4.18. The zero-order valence-electron chi connectivity index (χ0n) is 11.1. The van der Waals surface area contributed by atoms with E-state index in [1.807, 2.05) is 35.7 Å². The Morgan fingerprint density at radius 3 is 2.35 bits per heavy atom. The Morgan fingerprint density at radius 2 is 1.70 bits per heavy atom. The average molecular weight is 284 g/mol. The van der Waals surface area contributed by atoms with E-state index in [0.717, 1.165) is 20.9 Å². The van der Waals surface area contributed by atoms with Gasteiger partial charge in [0.25, 0.3) is 0 Å². The molecule has 1 heterocycles. The zero-order chi connectivity index (χ0) is 14.3. The van der Waals surface area contributed by atoms with Crippen LogP contribution in [0.15, 0.2) is 35.7 Å². The van der Waals surface area contributed by atoms with E-state index in [1.54, 1.807) is 6.92 Å². The summed E-state index contributed by atoms with van der Waals surface area (Å²) in [5.74, 6) is 0.190. The summed E-state index contributed by atoms with van der Waals surface area (Å²) in [5, 5.41) is 4.34. The van der Waals surface area contributed by atoms with E-state index in [0.29, 0.717) is 11.3 Å². The van der Waals surface area contributed by atoms with Gasteiger partial charge >= 0.3 is 5.97 Å². The number of thiophene rings is 1. The Labute approximate surface area is 119 Å². The minimum atomic E-state index is -0.363. The molecule has 100 valence electrons. The molecule has 0 aliphatic heterocycles. The second-order valence-corrected chi connectivity index (χ2v) is 5.48. The molecule has 0 N–H and O–H groups in total. The molecular formula is C16H12O3S. The van der Waals surface area contributed by atoms with Crippen LogP contribution in [0.5, 0.6) is 5.75 Å². The first-order chi connectivity index (χ1) is 9.59. The molecule has 0 fully saturated rings. The Morgan fingerprint density at radius 1 is 1.00 bits per heavy atom. The van der Waals surface area contributed by atoms with Gasteiger partial charge < -0.3 is 4.74 Å². The van der Waals surface area contributed by atoms with Crippen LogP contribution < -0.4 is 4.74 Å². The lowest BCUT2D eigenvalue weighted by molar-refractivity contribution is -0.131. The Bertz CT molecular complexity index is 845. The molecule has 0 spiro atoms. The number of ketones is 1. The van der Waals surface area contributed by atoms with Crippen LogP contribution in [0.2, 0.25) is 0 Å². The number of rotatable bonds is 2. The van der Waals surface area contributed by atoms with Gasteiger partial charge in [-0.25, -0.2) is 0 Å². The third-order valence-corrected chi connectivity index (χ3v) is 4.11. The maximum absolute atomic E-state index is 12.0. The highest BCUT2D eigenvalue weighted by Gasteiger charge is 2.19. The van der Waals surface area contributed by atoms with Crippen molar-refractivity contribution in [2.75, 3.05) is 0 Å². The number of esters is 1. The second-order valence-electron chi connectivity index (χ2n) is 4.56. The fourth-order valence-electron chi connectivity index (χ4n) is 2.45. The maximum atomic E-state index is 12.0. The van der Waals surface area contributed by atoms with Crippen molar-refractivity contribution >= 4 is 43.9 Å². The largest absolute Gasteiger partial charge is 0.425 e. The van der Waals surface area contributed by atoms with Crippen LogP contribution in [-0.2, 0) is 4.79 Å². The molecule has 4 heteroatoms. The number of carbonyl (C=O) groups is 2. The molecule has 0 bridgehead atoms. The molecule has 3 rings (SSSR count). The number of fused-ring (bicyclic) bond motifs is 2. The fourth-order valence-corrected chi connectivity index (χ4v) is 3.45. The van der Waals surface area contributed by atoms with Crippen molar-refractivity contribution in [3.05, 3.63) is 41.3 Å². The van der Waals surface area contributed by atoms with E-state index in [4.69, 9.17) is 4.74 Å². The van der Waals surface area contributed by atoms with Crippen LogP contribution in [0.25, 0.3) is 20.9 Å². The summed E-state index contributed by atoms with van der Waals surface area (Å²) in [6.07, 6.45) is 0. The van der Waals surface area contributed by atoms with E-state index >= 15 is 0 Å². The molecular weight excluding hydrogens is 272 g/mol. The van der Waals surface area contributed by atoms with Gasteiger partial charge in [0.2, 0.25) is 0 Å². The molecule has 0 saturated heterocycles. The molecule has 20 heavy (non-hydrogen) atoms. The van der Waals surface area contributed by atoms with Gasteiger partial charge in [0, 0.05) is 28.0 Å². The van der Waals surface area contributed by atoms with Crippen LogP contribution in [0.3, 0.4) is 0 Å². The first kappa shape index (κ1) is 12.8. The van der Waals surface area contributed by atoms with Crippen molar-refractivity contribution in [2.24, 2.45) is 0 Å². The number of hydrogen-bond acceptors (Lipinski definition) is 4. The summed E-state index contributed by atoms with van der Waals surface area (Å²) in [6, 6.07) is 9.40. The van der Waals surface area contributed by atoms with Crippen molar-refractivity contribution in [3.63, 3.8) is 0 Å². The first-order valence-corrected chi connectivity index (χ1v) is 7.09. The number of ether oxygens (including phenoxy) is 1. The minimum Gasteiger partial charge on any atom is -0.425 e. The van der Waals surface area contributed by atoms with Gasteiger partial charge in [-0.1, -0.05) is 24.3 Å². The Balaban J connectivity index is 2.53. The van der Waals surface area contributed by atoms with E-state index in [-0.39, 0.29) is 11.8 Å². The molecule has 0 aliphatic rings. The Kier molecular flexibility index (Phi) is 3.03. The highest BCUT2D eigenvalue weighted by atomic mass is 32.1. The van der Waals surface area contributed by atoms with Gasteiger partial charge in [-0.3, -0.25) is 9.59 Å². The molecule has 0 saturated carbocycles. The molecule has 3 aromatic rings. The standard InChI is InChI=1S/C16H12O3S/c1-9(17)14-11-5-3-4-6-12(11)15(19-10(2)18)13-7-8-20-16(13)14/h3-8H,1-2H3. The third-order valence-electron chi connectivity index (χ3n) is 3.18. The van der Waals surface area contributed by atoms with Crippen molar-refractivity contribution in [2.45, 2.75) is 13.8 Å². The van der Waals surface area contributed by atoms with Gasteiger partial charge in [0.05, 0.1) is 0 Å². The molecule has 0 atom stereocenters. The monoisotopic (exact) mass is 284 g/mol. The van der Waals surface area contributed by atoms with Crippen LogP contribution in [0.4, 0.5) is 0 Å². The molecule has 0 radical (unpaired) electrons. The van der Waals surface area contributed by atoms with Crippen molar-refractivity contribution < 1.29 is 14.3 Å². The molecule has 1 aromatic heterocycles.